The van der Waals surface area contributed by atoms with Gasteiger partial charge in [-0.15, -0.1) is 0 Å². The van der Waals surface area contributed by atoms with E-state index in [1.165, 1.54) is 12.1 Å². The molecule has 0 unspecified atom stereocenters. The van der Waals surface area contributed by atoms with E-state index < -0.39 is 26.5 Å². The Bertz CT molecular complexity index is 1260. The maximum absolute atomic E-state index is 12.7. The molecule has 0 fully saturated rings. The van der Waals surface area contributed by atoms with Gasteiger partial charge >= 0.3 is 0 Å². The Morgan fingerprint density at radius 2 is 1.88 bits per heavy atom. The largest absolute Gasteiger partial charge is 0.496 e. The summed E-state index contributed by atoms with van der Waals surface area (Å²) in [4.78, 5) is 15.5. The van der Waals surface area contributed by atoms with Crippen LogP contribution < -0.4 is 14.8 Å². The molecule has 0 aliphatic rings. The first kappa shape index (κ1) is 24.2. The van der Waals surface area contributed by atoms with Crippen molar-refractivity contribution in [3.05, 3.63) is 76.4 Å². The number of sulfonamides is 1. The summed E-state index contributed by atoms with van der Waals surface area (Å²) in [5.41, 5.74) is -0.248. The second-order valence-electron chi connectivity index (χ2n) is 8.51. The Kier molecular flexibility index (Phi) is 6.75. The molecule has 0 aliphatic carbocycles. The topological polar surface area (TPSA) is 128 Å². The highest BCUT2D eigenvalue weighted by Crippen LogP contribution is 2.36. The van der Waals surface area contributed by atoms with Crippen LogP contribution in [0.1, 0.15) is 38.2 Å². The number of benzene rings is 2. The summed E-state index contributed by atoms with van der Waals surface area (Å²) in [6.45, 7) is 5.08. The van der Waals surface area contributed by atoms with Gasteiger partial charge in [-0.05, 0) is 39.0 Å². The molecule has 0 spiro atoms. The van der Waals surface area contributed by atoms with E-state index in [1.54, 1.807) is 50.9 Å². The van der Waals surface area contributed by atoms with Crippen LogP contribution in [0.25, 0.3) is 0 Å². The number of aryl methyl sites for hydroxylation is 1. The van der Waals surface area contributed by atoms with Crippen molar-refractivity contribution in [1.29, 1.82) is 0 Å². The molecule has 2 N–H and O–H groups in total. The van der Waals surface area contributed by atoms with Crippen molar-refractivity contribution in [3.63, 3.8) is 0 Å². The molecule has 0 bridgehead atoms. The van der Waals surface area contributed by atoms with E-state index in [4.69, 9.17) is 4.74 Å². The number of hydrogen-bond donors (Lipinski definition) is 2. The number of nitro benzene ring substituents is 1. The van der Waals surface area contributed by atoms with Crippen LogP contribution in [0.2, 0.25) is 0 Å². The number of rotatable bonds is 8. The van der Waals surface area contributed by atoms with Gasteiger partial charge in [0.05, 0.1) is 16.9 Å². The van der Waals surface area contributed by atoms with E-state index >= 15 is 0 Å². The normalized spacial score (nSPS) is 12.9. The predicted molar refractivity (Wildman–Crippen MR) is 125 cm³/mol. The van der Waals surface area contributed by atoms with Gasteiger partial charge in [-0.25, -0.2) is 18.1 Å². The average Bonchev–Trinajstić information content (AvgIpc) is 3.15. The molecule has 2 aromatic carbocycles. The molecule has 0 saturated carbocycles. The Morgan fingerprint density at radius 1 is 1.18 bits per heavy atom. The fourth-order valence-corrected chi connectivity index (χ4v) is 4.85. The summed E-state index contributed by atoms with van der Waals surface area (Å²) in [7, 11) is -0.596. The second kappa shape index (κ2) is 9.20. The first-order chi connectivity index (χ1) is 15.4. The van der Waals surface area contributed by atoms with Crippen molar-refractivity contribution < 1.29 is 18.1 Å². The number of para-hydroxylation sites is 1. The van der Waals surface area contributed by atoms with Crippen LogP contribution in [0.3, 0.4) is 0 Å². The lowest BCUT2D eigenvalue weighted by Crippen LogP contribution is -2.40. The standard InChI is InChI=1S/C22H27N5O5S/c1-22(2,3)25-33(30,31)15-10-11-17(18(14-15)27(28)29)24-20(21-23-12-13-26(21)4)16-8-6-7-9-19(16)32-5/h6-14,20,24-25H,1-5H3/t20-/m1/s1. The van der Waals surface area contributed by atoms with Crippen molar-refractivity contribution in [2.75, 3.05) is 12.4 Å². The van der Waals surface area contributed by atoms with E-state index in [0.717, 1.165) is 11.6 Å². The smallest absolute Gasteiger partial charge is 0.293 e. The fraction of sp³-hybridized carbons (Fsp3) is 0.318. The number of imidazole rings is 1. The summed E-state index contributed by atoms with van der Waals surface area (Å²) in [5.74, 6) is 1.18. The second-order valence-corrected chi connectivity index (χ2v) is 10.2. The van der Waals surface area contributed by atoms with Crippen molar-refractivity contribution in [1.82, 2.24) is 14.3 Å². The lowest BCUT2D eigenvalue weighted by Gasteiger charge is -2.23. The van der Waals surface area contributed by atoms with E-state index in [0.29, 0.717) is 11.6 Å². The van der Waals surface area contributed by atoms with E-state index in [1.807, 2.05) is 25.2 Å². The van der Waals surface area contributed by atoms with E-state index in [2.05, 4.69) is 15.0 Å². The van der Waals surface area contributed by atoms with Gasteiger partial charge < -0.3 is 14.6 Å². The van der Waals surface area contributed by atoms with E-state index in [9.17, 15) is 18.5 Å². The monoisotopic (exact) mass is 473 g/mol. The number of nitro groups is 1. The maximum Gasteiger partial charge on any atom is 0.293 e. The highest BCUT2D eigenvalue weighted by Gasteiger charge is 2.28. The van der Waals surface area contributed by atoms with Crippen molar-refractivity contribution in [2.45, 2.75) is 37.2 Å². The Labute approximate surface area is 192 Å². The van der Waals surface area contributed by atoms with Crippen LogP contribution >= 0.6 is 0 Å². The van der Waals surface area contributed by atoms with Crippen molar-refractivity contribution in [2.24, 2.45) is 7.05 Å². The van der Waals surface area contributed by atoms with Gasteiger partial charge in [0.2, 0.25) is 10.0 Å². The maximum atomic E-state index is 12.7. The molecule has 176 valence electrons. The first-order valence-electron chi connectivity index (χ1n) is 10.1. The molecule has 1 heterocycles. The molecule has 0 aliphatic heterocycles. The predicted octanol–water partition coefficient (Wildman–Crippen LogP) is 3.62. The number of aromatic nitrogens is 2. The number of nitrogens with one attached hydrogen (secondary N) is 2. The van der Waals surface area contributed by atoms with Gasteiger partial charge in [0.15, 0.2) is 0 Å². The summed E-state index contributed by atoms with van der Waals surface area (Å²) >= 11 is 0. The van der Waals surface area contributed by atoms with Gasteiger partial charge in [-0.1, -0.05) is 18.2 Å². The lowest BCUT2D eigenvalue weighted by atomic mass is 10.0. The van der Waals surface area contributed by atoms with Gasteiger partial charge in [0.1, 0.15) is 23.3 Å². The molecular weight excluding hydrogens is 446 g/mol. The Morgan fingerprint density at radius 3 is 2.45 bits per heavy atom. The molecule has 3 rings (SSSR count). The van der Waals surface area contributed by atoms with Gasteiger partial charge in [0.25, 0.3) is 5.69 Å². The molecule has 0 saturated heterocycles. The van der Waals surface area contributed by atoms with Crippen LogP contribution in [0.5, 0.6) is 5.75 Å². The third-order valence-corrected chi connectivity index (χ3v) is 6.54. The minimum atomic E-state index is -3.95. The number of nitrogens with zero attached hydrogens (tertiary/aromatic N) is 3. The van der Waals surface area contributed by atoms with Gasteiger partial charge in [-0.2, -0.15) is 0 Å². The SMILES string of the molecule is COc1ccccc1[C@@H](Nc1ccc(S(=O)(=O)NC(C)(C)C)cc1[N+](=O)[O-])c1nccn1C. The van der Waals surface area contributed by atoms with Gasteiger partial charge in [-0.3, -0.25) is 10.1 Å². The van der Waals surface area contributed by atoms with Gasteiger partial charge in [0, 0.05) is 36.6 Å². The van der Waals surface area contributed by atoms with Crippen LogP contribution in [-0.4, -0.2) is 35.5 Å². The average molecular weight is 474 g/mol. The third kappa shape index (κ3) is 5.49. The summed E-state index contributed by atoms with van der Waals surface area (Å²) in [6.07, 6.45) is 3.39. The molecular formula is C22H27N5O5S. The summed E-state index contributed by atoms with van der Waals surface area (Å²) in [5, 5.41) is 15.1. The highest BCUT2D eigenvalue weighted by molar-refractivity contribution is 7.89. The van der Waals surface area contributed by atoms with Crippen LogP contribution in [0.4, 0.5) is 11.4 Å². The molecule has 33 heavy (non-hydrogen) atoms. The molecule has 3 aromatic rings. The molecule has 11 heteroatoms. The zero-order valence-corrected chi connectivity index (χ0v) is 19.9. The highest BCUT2D eigenvalue weighted by atomic mass is 32.2. The number of anilines is 1. The number of hydrogen-bond acceptors (Lipinski definition) is 7. The lowest BCUT2D eigenvalue weighted by molar-refractivity contribution is -0.384. The quantitative estimate of drug-likeness (QED) is 0.378. The summed E-state index contributed by atoms with van der Waals surface area (Å²) < 4.78 is 35.2. The molecule has 1 aromatic heterocycles. The van der Waals surface area contributed by atoms with Crippen molar-refractivity contribution in [3.8, 4) is 5.75 Å². The molecule has 0 radical (unpaired) electrons. The van der Waals surface area contributed by atoms with Crippen LogP contribution in [-0.2, 0) is 17.1 Å². The minimum Gasteiger partial charge on any atom is -0.496 e. The zero-order chi connectivity index (χ0) is 24.4. The number of ether oxygens (including phenoxy) is 1. The van der Waals surface area contributed by atoms with E-state index in [-0.39, 0.29) is 16.3 Å². The molecule has 1 atom stereocenters. The Balaban J connectivity index is 2.10. The molecule has 0 amide bonds. The number of methoxy groups -OCH3 is 1. The Hall–Kier alpha value is -3.44. The van der Waals surface area contributed by atoms with Crippen LogP contribution in [0.15, 0.2) is 59.8 Å². The minimum absolute atomic E-state index is 0.147. The zero-order valence-electron chi connectivity index (χ0n) is 19.1. The fourth-order valence-electron chi connectivity index (χ4n) is 3.41. The summed E-state index contributed by atoms with van der Waals surface area (Å²) in [6, 6.07) is 10.4. The molecule has 10 nitrogen and oxygen atoms in total. The van der Waals surface area contributed by atoms with Crippen molar-refractivity contribution >= 4 is 21.4 Å². The third-order valence-electron chi connectivity index (χ3n) is 4.78. The van der Waals surface area contributed by atoms with Crippen LogP contribution in [0, 0.1) is 10.1 Å². The first-order valence-corrected chi connectivity index (χ1v) is 11.6.